The Morgan fingerprint density at radius 2 is 1.70 bits per heavy atom. The number of furan rings is 1. The highest BCUT2D eigenvalue weighted by Gasteiger charge is 2.20. The number of nitro benzene ring substituents is 2. The van der Waals surface area contributed by atoms with E-state index in [0.29, 0.717) is 5.76 Å². The van der Waals surface area contributed by atoms with Crippen LogP contribution in [0.2, 0.25) is 0 Å². The van der Waals surface area contributed by atoms with Crippen molar-refractivity contribution in [1.29, 1.82) is 0 Å². The third-order valence-corrected chi connectivity index (χ3v) is 2.49. The van der Waals surface area contributed by atoms with Crippen molar-refractivity contribution in [2.24, 2.45) is 0 Å². The highest BCUT2D eigenvalue weighted by Crippen LogP contribution is 2.23. The van der Waals surface area contributed by atoms with Gasteiger partial charge in [0.15, 0.2) is 0 Å². The number of hydrogen-bond donors (Lipinski definition) is 0. The Labute approximate surface area is 130 Å². The lowest BCUT2D eigenvalue weighted by Crippen LogP contribution is -2.06. The van der Waals surface area contributed by atoms with Crippen LogP contribution in [-0.2, 0) is 11.3 Å². The average molecular weight is 322 g/mol. The summed E-state index contributed by atoms with van der Waals surface area (Å²) in [5.74, 6) is -0.540. The topological polar surface area (TPSA) is 126 Å². The van der Waals surface area contributed by atoms with Crippen LogP contribution in [0.3, 0.4) is 0 Å². The minimum absolute atomic E-state index is 0.178. The Morgan fingerprint density at radius 1 is 1.13 bits per heavy atom. The minimum Gasteiger partial charge on any atom is -0.466 e. The van der Waals surface area contributed by atoms with Gasteiger partial charge in [-0.1, -0.05) is 13.8 Å². The molecule has 9 nitrogen and oxygen atoms in total. The maximum Gasteiger partial charge on any atom is 0.339 e. The number of benzene rings is 1. The van der Waals surface area contributed by atoms with Crippen molar-refractivity contribution in [2.75, 3.05) is 0 Å². The molecular weight excluding hydrogens is 308 g/mol. The van der Waals surface area contributed by atoms with Gasteiger partial charge in [-0.3, -0.25) is 20.2 Å². The maximum atomic E-state index is 11.8. The summed E-state index contributed by atoms with van der Waals surface area (Å²) in [5, 5.41) is 21.4. The van der Waals surface area contributed by atoms with E-state index in [1.807, 2.05) is 13.8 Å². The average Bonchev–Trinajstić information content (AvgIpc) is 3.07. The van der Waals surface area contributed by atoms with Crippen LogP contribution in [0.1, 0.15) is 30.0 Å². The first-order chi connectivity index (χ1) is 11.0. The molecule has 1 aromatic carbocycles. The molecule has 23 heavy (non-hydrogen) atoms. The third-order valence-electron chi connectivity index (χ3n) is 2.49. The van der Waals surface area contributed by atoms with Gasteiger partial charge in [0, 0.05) is 12.1 Å². The minimum atomic E-state index is -0.918. The zero-order valence-electron chi connectivity index (χ0n) is 12.4. The van der Waals surface area contributed by atoms with Crippen LogP contribution >= 0.6 is 0 Å². The van der Waals surface area contributed by atoms with E-state index >= 15 is 0 Å². The predicted molar refractivity (Wildman–Crippen MR) is 78.9 cm³/mol. The van der Waals surface area contributed by atoms with Crippen molar-refractivity contribution in [1.82, 2.24) is 0 Å². The van der Waals surface area contributed by atoms with E-state index in [9.17, 15) is 25.0 Å². The van der Waals surface area contributed by atoms with E-state index in [1.54, 1.807) is 12.1 Å². The molecule has 0 radical (unpaired) electrons. The highest BCUT2D eigenvalue weighted by molar-refractivity contribution is 5.91. The molecule has 0 aliphatic carbocycles. The summed E-state index contributed by atoms with van der Waals surface area (Å²) in [6.45, 7) is 3.82. The second kappa shape index (κ2) is 8.27. The van der Waals surface area contributed by atoms with E-state index in [2.05, 4.69) is 0 Å². The molecule has 0 amide bonds. The lowest BCUT2D eigenvalue weighted by molar-refractivity contribution is -0.394. The highest BCUT2D eigenvalue weighted by atomic mass is 16.6. The van der Waals surface area contributed by atoms with Gasteiger partial charge in [-0.05, 0) is 12.1 Å². The molecule has 122 valence electrons. The van der Waals surface area contributed by atoms with Crippen LogP contribution in [0.15, 0.2) is 41.0 Å². The largest absolute Gasteiger partial charge is 0.466 e. The van der Waals surface area contributed by atoms with Gasteiger partial charge in [-0.15, -0.1) is 0 Å². The zero-order valence-corrected chi connectivity index (χ0v) is 12.4. The second-order valence-corrected chi connectivity index (χ2v) is 3.91. The predicted octanol–water partition coefficient (Wildman–Crippen LogP) is 3.48. The van der Waals surface area contributed by atoms with Gasteiger partial charge < -0.3 is 9.15 Å². The molecule has 0 N–H and O–H groups in total. The fourth-order valence-corrected chi connectivity index (χ4v) is 1.54. The van der Waals surface area contributed by atoms with E-state index in [4.69, 9.17) is 9.15 Å². The number of ether oxygens (including phenoxy) is 1. The summed E-state index contributed by atoms with van der Waals surface area (Å²) in [7, 11) is 0. The van der Waals surface area contributed by atoms with Gasteiger partial charge in [-0.2, -0.15) is 0 Å². The van der Waals surface area contributed by atoms with Crippen molar-refractivity contribution in [3.05, 3.63) is 68.1 Å². The Balaban J connectivity index is 0.00000127. The SMILES string of the molecule is CC.O=C(OCc1ccco1)c1cc([N+](=O)[O-])cc([N+](=O)[O-])c1. The van der Waals surface area contributed by atoms with Crippen LogP contribution in [0.25, 0.3) is 0 Å². The quantitative estimate of drug-likeness (QED) is 0.468. The van der Waals surface area contributed by atoms with Crippen LogP contribution in [0.5, 0.6) is 0 Å². The smallest absolute Gasteiger partial charge is 0.339 e. The molecule has 0 fully saturated rings. The molecule has 0 aliphatic heterocycles. The lowest BCUT2D eigenvalue weighted by atomic mass is 10.2. The van der Waals surface area contributed by atoms with Crippen LogP contribution in [0.4, 0.5) is 11.4 Å². The molecule has 0 atom stereocenters. The normalized spacial score (nSPS) is 9.48. The number of esters is 1. The Kier molecular flexibility index (Phi) is 6.41. The van der Waals surface area contributed by atoms with E-state index < -0.39 is 27.2 Å². The molecule has 0 unspecified atom stereocenters. The first-order valence-corrected chi connectivity index (χ1v) is 6.61. The van der Waals surface area contributed by atoms with Gasteiger partial charge in [-0.25, -0.2) is 4.79 Å². The van der Waals surface area contributed by atoms with Crippen molar-refractivity contribution in [3.8, 4) is 0 Å². The number of carbonyl (C=O) groups is 1. The Morgan fingerprint density at radius 3 is 2.13 bits per heavy atom. The summed E-state index contributed by atoms with van der Waals surface area (Å²) < 4.78 is 9.81. The zero-order chi connectivity index (χ0) is 17.4. The van der Waals surface area contributed by atoms with Gasteiger partial charge in [0.05, 0.1) is 27.7 Å². The van der Waals surface area contributed by atoms with Crippen molar-refractivity contribution in [3.63, 3.8) is 0 Å². The number of nitrogens with zero attached hydrogens (tertiary/aromatic N) is 2. The van der Waals surface area contributed by atoms with Crippen molar-refractivity contribution >= 4 is 17.3 Å². The Bertz CT molecular complexity index is 663. The number of nitro groups is 2. The van der Waals surface area contributed by atoms with Crippen LogP contribution in [-0.4, -0.2) is 15.8 Å². The standard InChI is InChI=1S/C12H8N2O7.C2H6/c15-12(21-7-11-2-1-3-20-11)8-4-9(13(16)17)6-10(5-8)14(18)19;1-2/h1-6H,7H2;1-2H3. The number of hydrogen-bond acceptors (Lipinski definition) is 7. The molecule has 2 aromatic rings. The molecule has 0 spiro atoms. The van der Waals surface area contributed by atoms with E-state index in [0.717, 1.165) is 18.2 Å². The molecule has 1 aromatic heterocycles. The number of carbonyl (C=O) groups excluding carboxylic acids is 1. The van der Waals surface area contributed by atoms with Crippen LogP contribution in [0, 0.1) is 20.2 Å². The molecule has 2 rings (SSSR count). The fourth-order valence-electron chi connectivity index (χ4n) is 1.54. The third kappa shape index (κ3) is 4.92. The summed E-state index contributed by atoms with van der Waals surface area (Å²) in [6, 6.07) is 5.77. The molecule has 9 heteroatoms. The van der Waals surface area contributed by atoms with Crippen molar-refractivity contribution in [2.45, 2.75) is 20.5 Å². The number of rotatable bonds is 5. The molecular formula is C14H14N2O7. The number of non-ortho nitro benzene ring substituents is 2. The van der Waals surface area contributed by atoms with E-state index in [-0.39, 0.29) is 12.2 Å². The fraction of sp³-hybridized carbons (Fsp3) is 0.214. The molecule has 0 aliphatic rings. The summed E-state index contributed by atoms with van der Waals surface area (Å²) in [5.41, 5.74) is -1.40. The summed E-state index contributed by atoms with van der Waals surface area (Å²) in [6.07, 6.45) is 1.39. The van der Waals surface area contributed by atoms with Gasteiger partial charge in [0.2, 0.25) is 0 Å². The maximum absolute atomic E-state index is 11.8. The Hall–Kier alpha value is -3.23. The van der Waals surface area contributed by atoms with Crippen LogP contribution < -0.4 is 0 Å². The molecule has 0 saturated heterocycles. The summed E-state index contributed by atoms with van der Waals surface area (Å²) >= 11 is 0. The molecule has 1 heterocycles. The first-order valence-electron chi connectivity index (χ1n) is 6.61. The second-order valence-electron chi connectivity index (χ2n) is 3.91. The monoisotopic (exact) mass is 322 g/mol. The van der Waals surface area contributed by atoms with Crippen molar-refractivity contribution < 1.29 is 23.8 Å². The molecule has 0 bridgehead atoms. The summed E-state index contributed by atoms with van der Waals surface area (Å²) in [4.78, 5) is 31.6. The lowest BCUT2D eigenvalue weighted by Gasteiger charge is -2.03. The van der Waals surface area contributed by atoms with E-state index in [1.165, 1.54) is 6.26 Å². The van der Waals surface area contributed by atoms with Gasteiger partial charge >= 0.3 is 5.97 Å². The molecule has 0 saturated carbocycles. The first kappa shape index (κ1) is 17.8. The van der Waals surface area contributed by atoms with Gasteiger partial charge in [0.25, 0.3) is 11.4 Å². The van der Waals surface area contributed by atoms with Gasteiger partial charge in [0.1, 0.15) is 12.4 Å².